The summed E-state index contributed by atoms with van der Waals surface area (Å²) >= 11 is 0. The van der Waals surface area contributed by atoms with E-state index in [1.165, 1.54) is 16.5 Å². The Labute approximate surface area is 184 Å². The highest BCUT2D eigenvalue weighted by Crippen LogP contribution is 2.43. The minimum atomic E-state index is 0.768. The number of aromatic amines is 1. The highest BCUT2D eigenvalue weighted by atomic mass is 14.8. The van der Waals surface area contributed by atoms with Crippen LogP contribution in [0.4, 0.5) is 5.69 Å². The molecule has 32 heavy (non-hydrogen) atoms. The van der Waals surface area contributed by atoms with Crippen molar-refractivity contribution in [3.8, 4) is 11.3 Å². The van der Waals surface area contributed by atoms with E-state index in [2.05, 4.69) is 75.6 Å². The number of hydrogen-bond acceptors (Lipinski definition) is 3. The van der Waals surface area contributed by atoms with Crippen LogP contribution in [-0.2, 0) is 6.42 Å². The number of H-pyrrole nitrogens is 1. The molecule has 6 aromatic rings. The lowest BCUT2D eigenvalue weighted by molar-refractivity contribution is 1.35. The van der Waals surface area contributed by atoms with Crippen LogP contribution in [0.25, 0.3) is 44.0 Å². The van der Waals surface area contributed by atoms with Crippen LogP contribution in [0, 0.1) is 0 Å². The first-order valence-electron chi connectivity index (χ1n) is 10.8. The molecule has 1 aliphatic heterocycles. The maximum atomic E-state index is 5.24. The molecule has 0 fully saturated rings. The van der Waals surface area contributed by atoms with Crippen molar-refractivity contribution in [3.63, 3.8) is 0 Å². The van der Waals surface area contributed by atoms with E-state index >= 15 is 0 Å². The first-order valence-corrected chi connectivity index (χ1v) is 10.8. The Hall–Kier alpha value is -4.31. The predicted molar refractivity (Wildman–Crippen MR) is 131 cm³/mol. The number of aromatic nitrogens is 3. The van der Waals surface area contributed by atoms with E-state index in [0.29, 0.717) is 0 Å². The molecule has 4 heterocycles. The normalized spacial score (nSPS) is 13.1. The number of aliphatic imine (C=N–C) groups is 1. The van der Waals surface area contributed by atoms with Gasteiger partial charge in [0, 0.05) is 46.1 Å². The summed E-state index contributed by atoms with van der Waals surface area (Å²) in [6.45, 7) is 0. The van der Waals surface area contributed by atoms with E-state index in [4.69, 9.17) is 4.99 Å². The summed E-state index contributed by atoms with van der Waals surface area (Å²) in [6.07, 6.45) is 4.44. The molecule has 150 valence electrons. The molecule has 0 unspecified atom stereocenters. The van der Waals surface area contributed by atoms with Gasteiger partial charge in [-0.1, -0.05) is 54.6 Å². The van der Waals surface area contributed by atoms with Crippen LogP contribution in [0.3, 0.4) is 0 Å². The van der Waals surface area contributed by atoms with E-state index in [-0.39, 0.29) is 0 Å². The van der Waals surface area contributed by atoms with Crippen LogP contribution in [0.1, 0.15) is 11.1 Å². The molecule has 0 atom stereocenters. The first kappa shape index (κ1) is 17.4. The largest absolute Gasteiger partial charge is 0.354 e. The molecule has 3 aromatic heterocycles. The van der Waals surface area contributed by atoms with Crippen LogP contribution in [0.15, 0.2) is 96.2 Å². The van der Waals surface area contributed by atoms with Gasteiger partial charge in [0.25, 0.3) is 0 Å². The Morgan fingerprint density at radius 2 is 1.34 bits per heavy atom. The molecule has 0 amide bonds. The Balaban J connectivity index is 1.54. The molecular weight excluding hydrogens is 392 g/mol. The van der Waals surface area contributed by atoms with Crippen molar-refractivity contribution >= 4 is 44.1 Å². The Kier molecular flexibility index (Phi) is 3.58. The van der Waals surface area contributed by atoms with Crippen molar-refractivity contribution in [2.45, 2.75) is 6.42 Å². The molecule has 7 rings (SSSR count). The van der Waals surface area contributed by atoms with Crippen molar-refractivity contribution in [1.29, 1.82) is 0 Å². The van der Waals surface area contributed by atoms with E-state index in [1.54, 1.807) is 0 Å². The van der Waals surface area contributed by atoms with E-state index in [9.17, 15) is 0 Å². The molecule has 1 N–H and O–H groups in total. The molecule has 0 saturated heterocycles. The van der Waals surface area contributed by atoms with Gasteiger partial charge in [0.1, 0.15) is 0 Å². The lowest BCUT2D eigenvalue weighted by Gasteiger charge is -2.08. The number of pyridine rings is 2. The number of rotatable bonds is 2. The summed E-state index contributed by atoms with van der Waals surface area (Å²) in [6, 6.07) is 27.2. The van der Waals surface area contributed by atoms with Crippen molar-refractivity contribution in [1.82, 2.24) is 15.0 Å². The fraction of sp³-hybridized carbons (Fsp3) is 0.0357. The third-order valence-electron chi connectivity index (χ3n) is 6.35. The van der Waals surface area contributed by atoms with Crippen molar-refractivity contribution in [3.05, 3.63) is 102 Å². The smallest absolute Gasteiger partial charge is 0.0986 e. The highest BCUT2D eigenvalue weighted by molar-refractivity contribution is 6.23. The third-order valence-corrected chi connectivity index (χ3v) is 6.35. The zero-order chi connectivity index (χ0) is 21.1. The standard InChI is InChI=1S/C28H18N4/c1-2-8-17(9-3-1)25-24(19-10-4-5-13-22(19)31-25)23-16-21-18-11-6-14-29-27(18)28-20(26(21)32-23)12-7-15-30-28/h1-15,31H,16H2. The Morgan fingerprint density at radius 3 is 2.19 bits per heavy atom. The summed E-state index contributed by atoms with van der Waals surface area (Å²) < 4.78 is 0. The average Bonchev–Trinajstić information content (AvgIpc) is 3.47. The number of para-hydroxylation sites is 1. The van der Waals surface area contributed by atoms with Crippen LogP contribution in [0.2, 0.25) is 0 Å². The number of benzene rings is 3. The molecule has 4 heteroatoms. The maximum absolute atomic E-state index is 5.24. The van der Waals surface area contributed by atoms with Gasteiger partial charge >= 0.3 is 0 Å². The summed E-state index contributed by atoms with van der Waals surface area (Å²) in [5.74, 6) is 0. The number of fused-ring (bicyclic) bond motifs is 7. The zero-order valence-corrected chi connectivity index (χ0v) is 17.2. The van der Waals surface area contributed by atoms with Gasteiger partial charge in [-0.2, -0.15) is 0 Å². The van der Waals surface area contributed by atoms with Gasteiger partial charge in [-0.05, 0) is 35.4 Å². The second-order valence-corrected chi connectivity index (χ2v) is 8.15. The average molecular weight is 410 g/mol. The molecular formula is C28H18N4. The molecule has 0 bridgehead atoms. The number of hydrogen-bond donors (Lipinski definition) is 1. The lowest BCUT2D eigenvalue weighted by atomic mass is 9.95. The second-order valence-electron chi connectivity index (χ2n) is 8.15. The zero-order valence-electron chi connectivity index (χ0n) is 17.2. The fourth-order valence-corrected chi connectivity index (χ4v) is 4.97. The van der Waals surface area contributed by atoms with Gasteiger partial charge in [0.15, 0.2) is 0 Å². The summed E-state index contributed by atoms with van der Waals surface area (Å²) in [5.41, 5.74) is 9.77. The van der Waals surface area contributed by atoms with Gasteiger partial charge in [0.2, 0.25) is 0 Å². The van der Waals surface area contributed by atoms with Gasteiger partial charge in [-0.3, -0.25) is 15.0 Å². The van der Waals surface area contributed by atoms with Crippen LogP contribution < -0.4 is 0 Å². The molecule has 0 spiro atoms. The first-order chi connectivity index (χ1) is 15.9. The molecule has 0 radical (unpaired) electrons. The summed E-state index contributed by atoms with van der Waals surface area (Å²) in [5, 5.41) is 3.39. The van der Waals surface area contributed by atoms with E-state index in [1.807, 2.05) is 30.6 Å². The SMILES string of the molecule is c1ccc(-c2[nH]c3ccccc3c2C2=Nc3c(c4cccnc4c4ncccc34)C2)cc1. The minimum Gasteiger partial charge on any atom is -0.354 e. The maximum Gasteiger partial charge on any atom is 0.0986 e. The van der Waals surface area contributed by atoms with Crippen molar-refractivity contribution in [2.75, 3.05) is 0 Å². The molecule has 4 nitrogen and oxygen atoms in total. The second kappa shape index (κ2) is 6.59. The summed E-state index contributed by atoms with van der Waals surface area (Å²) in [4.78, 5) is 18.2. The molecule has 0 aliphatic carbocycles. The third kappa shape index (κ3) is 2.41. The van der Waals surface area contributed by atoms with Gasteiger partial charge in [0.05, 0.1) is 28.1 Å². The number of nitrogens with one attached hydrogen (secondary N) is 1. The highest BCUT2D eigenvalue weighted by Gasteiger charge is 2.26. The van der Waals surface area contributed by atoms with Gasteiger partial charge in [-0.25, -0.2) is 0 Å². The Morgan fingerprint density at radius 1 is 0.656 bits per heavy atom. The van der Waals surface area contributed by atoms with Crippen LogP contribution >= 0.6 is 0 Å². The van der Waals surface area contributed by atoms with Gasteiger partial charge < -0.3 is 4.98 Å². The summed E-state index contributed by atoms with van der Waals surface area (Å²) in [7, 11) is 0. The molecule has 3 aromatic carbocycles. The van der Waals surface area contributed by atoms with Crippen molar-refractivity contribution < 1.29 is 0 Å². The van der Waals surface area contributed by atoms with Crippen LogP contribution in [-0.4, -0.2) is 20.7 Å². The molecule has 0 saturated carbocycles. The van der Waals surface area contributed by atoms with E-state index in [0.717, 1.165) is 56.4 Å². The Bertz CT molecular complexity index is 1690. The van der Waals surface area contributed by atoms with Gasteiger partial charge in [-0.15, -0.1) is 0 Å². The number of nitrogens with zero attached hydrogens (tertiary/aromatic N) is 3. The monoisotopic (exact) mass is 410 g/mol. The molecule has 1 aliphatic rings. The van der Waals surface area contributed by atoms with Crippen molar-refractivity contribution in [2.24, 2.45) is 4.99 Å². The topological polar surface area (TPSA) is 53.9 Å². The quantitative estimate of drug-likeness (QED) is 0.327. The van der Waals surface area contributed by atoms with E-state index < -0.39 is 0 Å². The fourth-order valence-electron chi connectivity index (χ4n) is 4.97. The minimum absolute atomic E-state index is 0.768. The lowest BCUT2D eigenvalue weighted by Crippen LogP contribution is -2.02. The predicted octanol–water partition coefficient (Wildman–Crippen LogP) is 6.61. The van der Waals surface area contributed by atoms with Crippen LogP contribution in [0.5, 0.6) is 0 Å².